The summed E-state index contributed by atoms with van der Waals surface area (Å²) in [6.45, 7) is 0. The molecule has 0 amide bonds. The Kier molecular flexibility index (Phi) is 5.56. The van der Waals surface area contributed by atoms with Crippen molar-refractivity contribution >= 4 is 38.5 Å². The van der Waals surface area contributed by atoms with Crippen molar-refractivity contribution < 1.29 is 28.5 Å². The van der Waals surface area contributed by atoms with Crippen molar-refractivity contribution in [1.82, 2.24) is 9.97 Å². The molecule has 0 spiro atoms. The average Bonchev–Trinajstić information content (AvgIpc) is 3.33. The third kappa shape index (κ3) is 3.63. The summed E-state index contributed by atoms with van der Waals surface area (Å²) in [5.74, 6) is 2.71. The quantitative estimate of drug-likeness (QED) is 0.263. The van der Waals surface area contributed by atoms with E-state index in [9.17, 15) is 4.79 Å². The van der Waals surface area contributed by atoms with Gasteiger partial charge in [-0.05, 0) is 70.1 Å². The highest BCUT2D eigenvalue weighted by molar-refractivity contribution is 6.15. The molecule has 0 aliphatic carbocycles. The van der Waals surface area contributed by atoms with E-state index in [0.717, 1.165) is 38.1 Å². The van der Waals surface area contributed by atoms with Crippen molar-refractivity contribution in [2.45, 2.75) is 0 Å². The van der Waals surface area contributed by atoms with Crippen molar-refractivity contribution in [2.75, 3.05) is 35.5 Å². The maximum atomic E-state index is 12.0. The smallest absolute Gasteiger partial charge is 0.337 e. The summed E-state index contributed by atoms with van der Waals surface area (Å²) >= 11 is 0. The van der Waals surface area contributed by atoms with E-state index in [0.29, 0.717) is 34.4 Å². The van der Waals surface area contributed by atoms with Crippen LogP contribution in [0.4, 0.5) is 0 Å². The zero-order valence-electron chi connectivity index (χ0n) is 20.0. The SMILES string of the molecule is COC(=O)c1ccc2nc(-c3cc4cc(OC)c(OC)cc4c4cc(OC)c(OC)cc34)[nH]c2c1. The first-order chi connectivity index (χ1) is 17.0. The Bertz CT molecular complexity index is 1610. The highest BCUT2D eigenvalue weighted by Crippen LogP contribution is 2.43. The molecule has 0 atom stereocenters. The number of aromatic amines is 1. The summed E-state index contributed by atoms with van der Waals surface area (Å²) < 4.78 is 27.1. The molecule has 1 aromatic heterocycles. The molecule has 0 aliphatic rings. The number of methoxy groups -OCH3 is 5. The molecular weight excluding hydrogens is 448 g/mol. The lowest BCUT2D eigenvalue weighted by Crippen LogP contribution is -2.00. The lowest BCUT2D eigenvalue weighted by Gasteiger charge is -2.15. The van der Waals surface area contributed by atoms with Crippen LogP contribution in [0.5, 0.6) is 23.0 Å². The fraction of sp³-hybridized carbons (Fsp3) is 0.185. The Morgan fingerprint density at radius 2 is 1.31 bits per heavy atom. The Balaban J connectivity index is 1.84. The number of imidazole rings is 1. The summed E-state index contributed by atoms with van der Waals surface area (Å²) in [4.78, 5) is 20.2. The second-order valence-corrected chi connectivity index (χ2v) is 7.91. The van der Waals surface area contributed by atoms with Gasteiger partial charge in [-0.2, -0.15) is 0 Å². The van der Waals surface area contributed by atoms with Gasteiger partial charge >= 0.3 is 5.97 Å². The highest BCUT2D eigenvalue weighted by Gasteiger charge is 2.18. The Hall–Kier alpha value is -4.46. The van der Waals surface area contributed by atoms with Crippen LogP contribution in [0.2, 0.25) is 0 Å². The lowest BCUT2D eigenvalue weighted by molar-refractivity contribution is 0.0601. The number of carbonyl (C=O) groups excluding carboxylic acids is 1. The number of fused-ring (bicyclic) bond motifs is 4. The number of nitrogens with one attached hydrogen (secondary N) is 1. The van der Waals surface area contributed by atoms with Gasteiger partial charge in [0.2, 0.25) is 0 Å². The molecule has 5 aromatic rings. The molecule has 0 unspecified atom stereocenters. The summed E-state index contributed by atoms with van der Waals surface area (Å²) in [5, 5.41) is 3.75. The van der Waals surface area contributed by atoms with Gasteiger partial charge in [-0.15, -0.1) is 0 Å². The van der Waals surface area contributed by atoms with E-state index < -0.39 is 5.97 Å². The molecule has 1 N–H and O–H groups in total. The van der Waals surface area contributed by atoms with Gasteiger partial charge in [-0.3, -0.25) is 0 Å². The van der Waals surface area contributed by atoms with Gasteiger partial charge in [0.25, 0.3) is 0 Å². The Morgan fingerprint density at radius 3 is 1.94 bits per heavy atom. The predicted molar refractivity (Wildman–Crippen MR) is 134 cm³/mol. The zero-order valence-corrected chi connectivity index (χ0v) is 20.0. The third-order valence-corrected chi connectivity index (χ3v) is 6.12. The van der Waals surface area contributed by atoms with Crippen LogP contribution in [0.1, 0.15) is 10.4 Å². The van der Waals surface area contributed by atoms with Gasteiger partial charge in [-0.1, -0.05) is 0 Å². The van der Waals surface area contributed by atoms with Crippen LogP contribution in [-0.2, 0) is 4.74 Å². The van der Waals surface area contributed by atoms with Crippen LogP contribution in [0.25, 0.3) is 44.0 Å². The second kappa shape index (κ2) is 8.72. The number of esters is 1. The van der Waals surface area contributed by atoms with E-state index in [1.807, 2.05) is 30.3 Å². The zero-order chi connectivity index (χ0) is 24.7. The van der Waals surface area contributed by atoms with Crippen LogP contribution >= 0.6 is 0 Å². The van der Waals surface area contributed by atoms with Crippen molar-refractivity contribution in [2.24, 2.45) is 0 Å². The van der Waals surface area contributed by atoms with E-state index >= 15 is 0 Å². The van der Waals surface area contributed by atoms with Gasteiger partial charge in [-0.25, -0.2) is 9.78 Å². The molecule has 178 valence electrons. The van der Waals surface area contributed by atoms with E-state index in [-0.39, 0.29) is 0 Å². The highest BCUT2D eigenvalue weighted by atomic mass is 16.5. The van der Waals surface area contributed by atoms with Crippen molar-refractivity contribution in [3.63, 3.8) is 0 Å². The number of rotatable bonds is 6. The number of carbonyl (C=O) groups is 1. The van der Waals surface area contributed by atoms with Crippen LogP contribution < -0.4 is 18.9 Å². The molecule has 0 saturated heterocycles. The van der Waals surface area contributed by atoms with E-state index in [1.54, 1.807) is 46.6 Å². The standard InChI is InChI=1S/C27H24N2O6/c1-31-22-10-15-8-19(26-28-20-7-6-14(27(30)35-5)9-21(20)29-26)18-13-25(34-4)24(33-3)12-17(18)16(15)11-23(22)32-2/h6-13H,1-5H3,(H,28,29). The van der Waals surface area contributed by atoms with Crippen molar-refractivity contribution in [1.29, 1.82) is 0 Å². The number of ether oxygens (including phenoxy) is 5. The number of hydrogen-bond acceptors (Lipinski definition) is 7. The minimum Gasteiger partial charge on any atom is -0.493 e. The van der Waals surface area contributed by atoms with E-state index in [4.69, 9.17) is 28.7 Å². The van der Waals surface area contributed by atoms with E-state index in [1.165, 1.54) is 7.11 Å². The maximum absolute atomic E-state index is 12.0. The van der Waals surface area contributed by atoms with Gasteiger partial charge < -0.3 is 28.7 Å². The predicted octanol–water partition coefficient (Wildman–Crippen LogP) is 5.36. The molecule has 8 heteroatoms. The molecule has 35 heavy (non-hydrogen) atoms. The number of hydrogen-bond donors (Lipinski definition) is 1. The van der Waals surface area contributed by atoms with Crippen molar-refractivity contribution in [3.8, 4) is 34.4 Å². The number of benzene rings is 4. The fourth-order valence-corrected chi connectivity index (χ4v) is 4.38. The first-order valence-electron chi connectivity index (χ1n) is 10.8. The topological polar surface area (TPSA) is 91.9 Å². The second-order valence-electron chi connectivity index (χ2n) is 7.91. The largest absolute Gasteiger partial charge is 0.493 e. The molecule has 0 bridgehead atoms. The molecule has 0 aliphatic heterocycles. The summed E-state index contributed by atoms with van der Waals surface area (Å²) in [6.07, 6.45) is 0. The molecule has 1 heterocycles. The summed E-state index contributed by atoms with van der Waals surface area (Å²) in [5.41, 5.74) is 2.76. The third-order valence-electron chi connectivity index (χ3n) is 6.12. The summed E-state index contributed by atoms with van der Waals surface area (Å²) in [6, 6.07) is 15.0. The number of aromatic nitrogens is 2. The lowest BCUT2D eigenvalue weighted by atomic mass is 9.95. The number of nitrogens with zero attached hydrogens (tertiary/aromatic N) is 1. The minimum atomic E-state index is -0.405. The van der Waals surface area contributed by atoms with Crippen LogP contribution in [-0.4, -0.2) is 51.5 Å². The molecule has 4 aromatic carbocycles. The van der Waals surface area contributed by atoms with Crippen LogP contribution in [0.15, 0.2) is 48.5 Å². The maximum Gasteiger partial charge on any atom is 0.337 e. The van der Waals surface area contributed by atoms with Gasteiger partial charge in [0.15, 0.2) is 23.0 Å². The van der Waals surface area contributed by atoms with Crippen molar-refractivity contribution in [3.05, 3.63) is 54.1 Å². The molecule has 0 saturated carbocycles. The molecule has 0 radical (unpaired) electrons. The summed E-state index contributed by atoms with van der Waals surface area (Å²) in [7, 11) is 7.79. The average molecular weight is 472 g/mol. The van der Waals surface area contributed by atoms with Gasteiger partial charge in [0, 0.05) is 5.56 Å². The molecular formula is C27H24N2O6. The fourth-order valence-electron chi connectivity index (χ4n) is 4.38. The van der Waals surface area contributed by atoms with Gasteiger partial charge in [0.1, 0.15) is 5.82 Å². The normalized spacial score (nSPS) is 11.1. The first-order valence-corrected chi connectivity index (χ1v) is 10.8. The Labute approximate surface area is 201 Å². The minimum absolute atomic E-state index is 0.405. The molecule has 5 rings (SSSR count). The molecule has 0 fully saturated rings. The first kappa shape index (κ1) is 22.3. The molecule has 8 nitrogen and oxygen atoms in total. The van der Waals surface area contributed by atoms with Crippen LogP contribution in [0.3, 0.4) is 0 Å². The Morgan fingerprint density at radius 1 is 0.714 bits per heavy atom. The van der Waals surface area contributed by atoms with E-state index in [2.05, 4.69) is 4.98 Å². The van der Waals surface area contributed by atoms with Gasteiger partial charge in [0.05, 0.1) is 52.1 Å². The number of H-pyrrole nitrogens is 1. The monoisotopic (exact) mass is 472 g/mol. The van der Waals surface area contributed by atoms with Crippen LogP contribution in [0, 0.1) is 0 Å².